The monoisotopic (exact) mass is 366 g/mol. The van der Waals surface area contributed by atoms with E-state index in [-0.39, 0.29) is 11.9 Å². The number of amides is 1. The quantitative estimate of drug-likeness (QED) is 0.814. The van der Waals surface area contributed by atoms with Crippen LogP contribution in [0.3, 0.4) is 0 Å². The van der Waals surface area contributed by atoms with E-state index in [1.165, 1.54) is 0 Å². The molecule has 1 aliphatic heterocycles. The maximum absolute atomic E-state index is 14.0. The van der Waals surface area contributed by atoms with Gasteiger partial charge in [0.2, 0.25) is 0 Å². The molecule has 3 heterocycles. The van der Waals surface area contributed by atoms with Gasteiger partial charge in [0.05, 0.1) is 16.9 Å². The van der Waals surface area contributed by atoms with Crippen molar-refractivity contribution in [3.05, 3.63) is 33.1 Å². The van der Waals surface area contributed by atoms with Crippen LogP contribution in [-0.2, 0) is 6.54 Å². The van der Waals surface area contributed by atoms with Crippen molar-refractivity contribution in [2.24, 2.45) is 0 Å². The fourth-order valence-electron chi connectivity index (χ4n) is 3.35. The zero-order valence-corrected chi connectivity index (χ0v) is 15.8. The Balaban J connectivity index is 1.69. The number of nitrogens with zero attached hydrogens (tertiary/aromatic N) is 4. The summed E-state index contributed by atoms with van der Waals surface area (Å²) in [6.45, 7) is 7.00. The molecule has 1 fully saturated rings. The van der Waals surface area contributed by atoms with Gasteiger partial charge in [-0.1, -0.05) is 5.16 Å². The second-order valence-corrected chi connectivity index (χ2v) is 7.60. The van der Waals surface area contributed by atoms with Crippen LogP contribution in [0, 0.1) is 20.8 Å². The summed E-state index contributed by atoms with van der Waals surface area (Å²) < 4.78 is 19.1. The van der Waals surface area contributed by atoms with Crippen LogP contribution in [-0.4, -0.2) is 58.2 Å². The summed E-state index contributed by atoms with van der Waals surface area (Å²) in [6.07, 6.45) is -0.419. The number of likely N-dealkylation sites (N-methyl/N-ethyl adjacent to an activating group) is 1. The van der Waals surface area contributed by atoms with Gasteiger partial charge < -0.3 is 9.42 Å². The van der Waals surface area contributed by atoms with Gasteiger partial charge in [0.15, 0.2) is 0 Å². The lowest BCUT2D eigenvalue weighted by atomic mass is 10.1. The molecule has 0 spiro atoms. The van der Waals surface area contributed by atoms with Crippen molar-refractivity contribution in [1.82, 2.24) is 19.9 Å². The van der Waals surface area contributed by atoms with Crippen LogP contribution < -0.4 is 0 Å². The summed E-state index contributed by atoms with van der Waals surface area (Å²) in [4.78, 5) is 21.9. The molecular weight excluding hydrogens is 343 g/mol. The number of likely N-dealkylation sites (tertiary alicyclic amines) is 1. The summed E-state index contributed by atoms with van der Waals surface area (Å²) in [5.74, 6) is 0.383. The van der Waals surface area contributed by atoms with Crippen molar-refractivity contribution in [3.8, 4) is 0 Å². The number of hydrogen-bond acceptors (Lipinski definition) is 6. The standard InChI is InChI=1S/C17H23FN4O2S/c1-10-15(25-9-19-10)8-22-6-13(18)5-14(22)7-21(4)17(23)16-11(2)20-24-12(16)3/h9,13-14H,5-8H2,1-4H3/t13-,14-/m0/s1. The summed E-state index contributed by atoms with van der Waals surface area (Å²) >= 11 is 1.59. The van der Waals surface area contributed by atoms with Crippen LogP contribution in [0.4, 0.5) is 4.39 Å². The molecule has 0 saturated carbocycles. The summed E-state index contributed by atoms with van der Waals surface area (Å²) in [5.41, 5.74) is 3.89. The van der Waals surface area contributed by atoms with E-state index in [9.17, 15) is 9.18 Å². The first-order valence-electron chi connectivity index (χ1n) is 8.32. The minimum atomic E-state index is -0.860. The predicted molar refractivity (Wildman–Crippen MR) is 93.5 cm³/mol. The van der Waals surface area contributed by atoms with Crippen molar-refractivity contribution < 1.29 is 13.7 Å². The minimum absolute atomic E-state index is 0.00841. The average molecular weight is 366 g/mol. The van der Waals surface area contributed by atoms with Crippen molar-refractivity contribution in [2.45, 2.75) is 46.0 Å². The molecule has 8 heteroatoms. The lowest BCUT2D eigenvalue weighted by molar-refractivity contribution is 0.0747. The normalized spacial score (nSPS) is 21.0. The highest BCUT2D eigenvalue weighted by Crippen LogP contribution is 2.26. The third kappa shape index (κ3) is 3.74. The lowest BCUT2D eigenvalue weighted by Gasteiger charge is -2.28. The number of thiazole rings is 1. The molecule has 2 aromatic heterocycles. The zero-order valence-electron chi connectivity index (χ0n) is 15.0. The summed E-state index contributed by atoms with van der Waals surface area (Å²) in [7, 11) is 1.75. The van der Waals surface area contributed by atoms with E-state index in [4.69, 9.17) is 4.52 Å². The molecular formula is C17H23FN4O2S. The lowest BCUT2D eigenvalue weighted by Crippen LogP contribution is -2.41. The van der Waals surface area contributed by atoms with Crippen LogP contribution in [0.15, 0.2) is 10.0 Å². The first kappa shape index (κ1) is 18.0. The molecule has 1 amide bonds. The average Bonchev–Trinajstić information content (AvgIpc) is 3.21. The highest BCUT2D eigenvalue weighted by molar-refractivity contribution is 7.09. The number of carbonyl (C=O) groups is 1. The number of aromatic nitrogens is 2. The van der Waals surface area contributed by atoms with Gasteiger partial charge >= 0.3 is 0 Å². The van der Waals surface area contributed by atoms with Crippen LogP contribution in [0.1, 0.15) is 38.8 Å². The maximum atomic E-state index is 14.0. The largest absolute Gasteiger partial charge is 0.361 e. The van der Waals surface area contributed by atoms with Crippen LogP contribution in [0.25, 0.3) is 0 Å². The van der Waals surface area contributed by atoms with E-state index >= 15 is 0 Å². The smallest absolute Gasteiger partial charge is 0.259 e. The Morgan fingerprint density at radius 2 is 2.20 bits per heavy atom. The second-order valence-electron chi connectivity index (χ2n) is 6.66. The fraction of sp³-hybridized carbons (Fsp3) is 0.588. The molecule has 0 unspecified atom stereocenters. The number of carbonyl (C=O) groups excluding carboxylic acids is 1. The number of rotatable bonds is 5. The van der Waals surface area contributed by atoms with E-state index in [1.807, 2.05) is 12.4 Å². The fourth-order valence-corrected chi connectivity index (χ4v) is 4.15. The molecule has 0 bridgehead atoms. The molecule has 6 nitrogen and oxygen atoms in total. The molecule has 0 aromatic carbocycles. The molecule has 3 rings (SSSR count). The second kappa shape index (κ2) is 7.21. The SMILES string of the molecule is Cc1ncsc1CN1C[C@@H](F)C[C@H]1CN(C)C(=O)c1c(C)noc1C. The van der Waals surface area contributed by atoms with Crippen LogP contribution in [0.2, 0.25) is 0 Å². The molecule has 1 aliphatic rings. The third-order valence-corrected chi connectivity index (χ3v) is 5.67. The Hall–Kier alpha value is -1.80. The van der Waals surface area contributed by atoms with Gasteiger partial charge in [-0.15, -0.1) is 11.3 Å². The van der Waals surface area contributed by atoms with Gasteiger partial charge in [-0.05, 0) is 27.2 Å². The van der Waals surface area contributed by atoms with Gasteiger partial charge in [0.1, 0.15) is 17.5 Å². The molecule has 2 aromatic rings. The number of aryl methyl sites for hydroxylation is 3. The molecule has 2 atom stereocenters. The molecule has 136 valence electrons. The maximum Gasteiger partial charge on any atom is 0.259 e. The first-order chi connectivity index (χ1) is 11.9. The van der Waals surface area contributed by atoms with E-state index in [2.05, 4.69) is 15.0 Å². The molecule has 1 saturated heterocycles. The van der Waals surface area contributed by atoms with E-state index in [0.29, 0.717) is 43.1 Å². The van der Waals surface area contributed by atoms with Gasteiger partial charge in [-0.2, -0.15) is 0 Å². The van der Waals surface area contributed by atoms with Crippen molar-refractivity contribution in [2.75, 3.05) is 20.1 Å². The topological polar surface area (TPSA) is 62.5 Å². The van der Waals surface area contributed by atoms with Gasteiger partial charge in [0.25, 0.3) is 5.91 Å². The number of hydrogen-bond donors (Lipinski definition) is 0. The van der Waals surface area contributed by atoms with Crippen molar-refractivity contribution in [3.63, 3.8) is 0 Å². The Morgan fingerprint density at radius 1 is 1.44 bits per heavy atom. The predicted octanol–water partition coefficient (Wildman–Crippen LogP) is 2.74. The number of halogens is 1. The first-order valence-corrected chi connectivity index (χ1v) is 9.20. The van der Waals surface area contributed by atoms with E-state index in [0.717, 1.165) is 10.6 Å². The van der Waals surface area contributed by atoms with Gasteiger partial charge in [-0.25, -0.2) is 9.37 Å². The Labute approximate surface area is 150 Å². The zero-order chi connectivity index (χ0) is 18.1. The van der Waals surface area contributed by atoms with Crippen LogP contribution in [0.5, 0.6) is 0 Å². The number of alkyl halides is 1. The van der Waals surface area contributed by atoms with Crippen LogP contribution >= 0.6 is 11.3 Å². The molecule has 0 N–H and O–H groups in total. The highest BCUT2D eigenvalue weighted by atomic mass is 32.1. The van der Waals surface area contributed by atoms with Crippen molar-refractivity contribution >= 4 is 17.2 Å². The third-order valence-electron chi connectivity index (χ3n) is 4.75. The minimum Gasteiger partial charge on any atom is -0.361 e. The summed E-state index contributed by atoms with van der Waals surface area (Å²) in [6, 6.07) is -0.00841. The Kier molecular flexibility index (Phi) is 5.19. The molecule has 25 heavy (non-hydrogen) atoms. The van der Waals surface area contributed by atoms with Gasteiger partial charge in [-0.3, -0.25) is 9.69 Å². The van der Waals surface area contributed by atoms with E-state index < -0.39 is 6.17 Å². The molecule has 0 radical (unpaired) electrons. The van der Waals surface area contributed by atoms with Crippen molar-refractivity contribution in [1.29, 1.82) is 0 Å². The highest BCUT2D eigenvalue weighted by Gasteiger charge is 2.34. The Bertz CT molecular complexity index is 740. The summed E-state index contributed by atoms with van der Waals surface area (Å²) in [5, 5.41) is 3.84. The Morgan fingerprint density at radius 3 is 2.80 bits per heavy atom. The van der Waals surface area contributed by atoms with Gasteiger partial charge in [0, 0.05) is 37.6 Å². The van der Waals surface area contributed by atoms with E-state index in [1.54, 1.807) is 37.1 Å². The molecule has 0 aliphatic carbocycles.